The zero-order valence-corrected chi connectivity index (χ0v) is 10.6. The molecule has 0 amide bonds. The minimum atomic E-state index is 0.102. The van der Waals surface area contributed by atoms with Crippen LogP contribution in [0.3, 0.4) is 0 Å². The van der Waals surface area contributed by atoms with Gasteiger partial charge in [-0.15, -0.1) is 6.58 Å². The van der Waals surface area contributed by atoms with Gasteiger partial charge in [0.15, 0.2) is 0 Å². The lowest BCUT2D eigenvalue weighted by Crippen LogP contribution is -2.17. The van der Waals surface area contributed by atoms with Gasteiger partial charge in [0.1, 0.15) is 0 Å². The molecule has 2 heteroatoms. The summed E-state index contributed by atoms with van der Waals surface area (Å²) in [5, 5.41) is 1.71. The fourth-order valence-electron chi connectivity index (χ4n) is 1.29. The number of hydrogen-bond donors (Lipinski definition) is 0. The van der Waals surface area contributed by atoms with E-state index in [-0.39, 0.29) is 5.41 Å². The van der Waals surface area contributed by atoms with Crippen LogP contribution in [0.15, 0.2) is 36.9 Å². The average molecular weight is 274 g/mol. The highest BCUT2D eigenvalue weighted by Gasteiger charge is 2.18. The molecular weight excluding hydrogens is 259 g/mol. The largest absolute Gasteiger partial charge is 0.102 e. The Bertz CT molecular complexity index is 322. The molecule has 0 bridgehead atoms. The summed E-state index contributed by atoms with van der Waals surface area (Å²) in [6, 6.07) is 7.97. The molecule has 0 fully saturated rings. The topological polar surface area (TPSA) is 0 Å². The highest BCUT2D eigenvalue weighted by molar-refractivity contribution is 9.09. The molecule has 1 aromatic rings. The summed E-state index contributed by atoms with van der Waals surface area (Å²) < 4.78 is 0. The molecule has 1 unspecified atom stereocenters. The molecule has 14 heavy (non-hydrogen) atoms. The standard InChI is InChI=1S/C12H14BrCl/c1-3-12(2,9-13)8-10-5-4-6-11(14)7-10/h3-7H,1,8-9H2,2H3. The van der Waals surface area contributed by atoms with Crippen molar-refractivity contribution in [3.63, 3.8) is 0 Å². The summed E-state index contributed by atoms with van der Waals surface area (Å²) in [7, 11) is 0. The van der Waals surface area contributed by atoms with Crippen LogP contribution < -0.4 is 0 Å². The Morgan fingerprint density at radius 3 is 2.79 bits per heavy atom. The van der Waals surface area contributed by atoms with Gasteiger partial charge in [0.25, 0.3) is 0 Å². The first-order valence-corrected chi connectivity index (χ1v) is 6.03. The first-order valence-electron chi connectivity index (χ1n) is 4.54. The van der Waals surface area contributed by atoms with Crippen molar-refractivity contribution >= 4 is 27.5 Å². The van der Waals surface area contributed by atoms with E-state index in [9.17, 15) is 0 Å². The van der Waals surface area contributed by atoms with Gasteiger partial charge >= 0.3 is 0 Å². The van der Waals surface area contributed by atoms with Crippen molar-refractivity contribution in [3.8, 4) is 0 Å². The van der Waals surface area contributed by atoms with Crippen molar-refractivity contribution in [1.29, 1.82) is 0 Å². The van der Waals surface area contributed by atoms with Gasteiger partial charge in [-0.05, 0) is 29.5 Å². The Morgan fingerprint density at radius 2 is 2.29 bits per heavy atom. The van der Waals surface area contributed by atoms with Crippen LogP contribution in [0, 0.1) is 5.41 Å². The molecule has 0 nitrogen and oxygen atoms in total. The summed E-state index contributed by atoms with van der Waals surface area (Å²) in [5.41, 5.74) is 1.35. The average Bonchev–Trinajstić information content (AvgIpc) is 2.18. The fraction of sp³-hybridized carbons (Fsp3) is 0.333. The van der Waals surface area contributed by atoms with E-state index in [1.807, 2.05) is 24.3 Å². The van der Waals surface area contributed by atoms with E-state index in [4.69, 9.17) is 11.6 Å². The lowest BCUT2D eigenvalue weighted by molar-refractivity contribution is 0.493. The molecule has 0 aliphatic heterocycles. The Kier molecular flexibility index (Phi) is 4.21. The van der Waals surface area contributed by atoms with Crippen LogP contribution in [-0.2, 0) is 6.42 Å². The Labute approximate surface area is 99.1 Å². The van der Waals surface area contributed by atoms with Crippen molar-refractivity contribution in [2.24, 2.45) is 5.41 Å². The molecule has 0 spiro atoms. The molecule has 0 radical (unpaired) electrons. The summed E-state index contributed by atoms with van der Waals surface area (Å²) >= 11 is 9.43. The van der Waals surface area contributed by atoms with E-state index < -0.39 is 0 Å². The smallest absolute Gasteiger partial charge is 0.0408 e. The molecule has 76 valence electrons. The molecule has 0 heterocycles. The van der Waals surface area contributed by atoms with E-state index in [1.165, 1.54) is 5.56 Å². The second kappa shape index (κ2) is 4.99. The molecule has 1 aromatic carbocycles. The molecule has 1 rings (SSSR count). The van der Waals surface area contributed by atoms with Crippen LogP contribution in [0.5, 0.6) is 0 Å². The number of benzene rings is 1. The van der Waals surface area contributed by atoms with Gasteiger partial charge in [0.05, 0.1) is 0 Å². The van der Waals surface area contributed by atoms with E-state index in [0.29, 0.717) is 0 Å². The van der Waals surface area contributed by atoms with Crippen LogP contribution >= 0.6 is 27.5 Å². The predicted molar refractivity (Wildman–Crippen MR) is 67.3 cm³/mol. The first kappa shape index (κ1) is 11.8. The third-order valence-corrected chi connectivity index (χ3v) is 3.81. The van der Waals surface area contributed by atoms with Crippen LogP contribution in [0.4, 0.5) is 0 Å². The minimum Gasteiger partial charge on any atom is -0.102 e. The molecule has 0 saturated carbocycles. The first-order chi connectivity index (χ1) is 6.59. The predicted octanol–water partition coefficient (Wildman–Crippen LogP) is 4.47. The molecule has 0 aliphatic rings. The van der Waals surface area contributed by atoms with E-state index in [0.717, 1.165) is 16.8 Å². The van der Waals surface area contributed by atoms with Crippen molar-refractivity contribution in [1.82, 2.24) is 0 Å². The van der Waals surface area contributed by atoms with Crippen LogP contribution in [0.25, 0.3) is 0 Å². The van der Waals surface area contributed by atoms with Crippen molar-refractivity contribution in [3.05, 3.63) is 47.5 Å². The lowest BCUT2D eigenvalue weighted by atomic mass is 9.86. The van der Waals surface area contributed by atoms with Crippen LogP contribution in [0.1, 0.15) is 12.5 Å². The van der Waals surface area contributed by atoms with E-state index in [2.05, 4.69) is 35.5 Å². The number of allylic oxidation sites excluding steroid dienone is 1. The lowest BCUT2D eigenvalue weighted by Gasteiger charge is -2.22. The van der Waals surface area contributed by atoms with Crippen molar-refractivity contribution in [2.75, 3.05) is 5.33 Å². The maximum Gasteiger partial charge on any atom is 0.0408 e. The quantitative estimate of drug-likeness (QED) is 0.561. The van der Waals surface area contributed by atoms with Crippen LogP contribution in [0.2, 0.25) is 5.02 Å². The molecule has 0 N–H and O–H groups in total. The van der Waals surface area contributed by atoms with Gasteiger partial charge in [0.2, 0.25) is 0 Å². The Hall–Kier alpha value is -0.270. The Balaban J connectivity index is 2.82. The van der Waals surface area contributed by atoms with E-state index >= 15 is 0 Å². The van der Waals surface area contributed by atoms with Crippen molar-refractivity contribution < 1.29 is 0 Å². The van der Waals surface area contributed by atoms with Crippen LogP contribution in [-0.4, -0.2) is 5.33 Å². The molecule has 0 aromatic heterocycles. The second-order valence-electron chi connectivity index (χ2n) is 3.80. The maximum absolute atomic E-state index is 5.92. The zero-order valence-electron chi connectivity index (χ0n) is 8.26. The van der Waals surface area contributed by atoms with Gasteiger partial charge in [-0.1, -0.05) is 52.7 Å². The summed E-state index contributed by atoms with van der Waals surface area (Å²) in [4.78, 5) is 0. The number of rotatable bonds is 4. The van der Waals surface area contributed by atoms with E-state index in [1.54, 1.807) is 0 Å². The van der Waals surface area contributed by atoms with Crippen molar-refractivity contribution in [2.45, 2.75) is 13.3 Å². The summed E-state index contributed by atoms with van der Waals surface area (Å²) in [6.45, 7) is 6.04. The molecular formula is C12H14BrCl. The van der Waals surface area contributed by atoms with Gasteiger partial charge in [-0.3, -0.25) is 0 Å². The zero-order chi connectivity index (χ0) is 10.6. The summed E-state index contributed by atoms with van der Waals surface area (Å²) in [5.74, 6) is 0. The number of hydrogen-bond acceptors (Lipinski definition) is 0. The SMILES string of the molecule is C=CC(C)(CBr)Cc1cccc(Cl)c1. The van der Waals surface area contributed by atoms with Gasteiger partial charge in [-0.2, -0.15) is 0 Å². The molecule has 1 atom stereocenters. The third-order valence-electron chi connectivity index (χ3n) is 2.30. The van der Waals surface area contributed by atoms with Gasteiger partial charge in [-0.25, -0.2) is 0 Å². The summed E-state index contributed by atoms with van der Waals surface area (Å²) in [6.07, 6.45) is 2.95. The minimum absolute atomic E-state index is 0.102. The van der Waals surface area contributed by atoms with Gasteiger partial charge < -0.3 is 0 Å². The fourth-order valence-corrected chi connectivity index (χ4v) is 1.93. The molecule has 0 saturated heterocycles. The highest BCUT2D eigenvalue weighted by Crippen LogP contribution is 2.27. The molecule has 0 aliphatic carbocycles. The Morgan fingerprint density at radius 1 is 1.57 bits per heavy atom. The normalized spacial score (nSPS) is 14.8. The monoisotopic (exact) mass is 272 g/mol. The maximum atomic E-state index is 5.92. The highest BCUT2D eigenvalue weighted by atomic mass is 79.9. The van der Waals surface area contributed by atoms with Gasteiger partial charge in [0, 0.05) is 10.4 Å². The number of alkyl halides is 1. The number of halogens is 2. The third kappa shape index (κ3) is 3.14. The second-order valence-corrected chi connectivity index (χ2v) is 4.80.